The van der Waals surface area contributed by atoms with E-state index in [4.69, 9.17) is 4.74 Å². The van der Waals surface area contributed by atoms with E-state index in [1.807, 2.05) is 0 Å². The minimum absolute atomic E-state index is 0.0156. The Morgan fingerprint density at radius 3 is 0.839 bits per heavy atom. The summed E-state index contributed by atoms with van der Waals surface area (Å²) in [4.78, 5) is 24.7. The van der Waals surface area contributed by atoms with Crippen molar-refractivity contribution in [1.29, 1.82) is 0 Å². The predicted molar refractivity (Wildman–Crippen MR) is 412 cm³/mol. The molecule has 548 valence electrons. The maximum Gasteiger partial charge on any atom is 0.305 e. The number of hydrogen-bond donors (Lipinski definition) is 3. The molecule has 93 heavy (non-hydrogen) atoms. The Hall–Kier alpha value is -2.18. The molecule has 0 saturated carbocycles. The number of nitrogens with one attached hydrogen (secondary N) is 1. The maximum atomic E-state index is 12.6. The van der Waals surface area contributed by atoms with E-state index in [0.717, 1.165) is 57.8 Å². The second-order valence-corrected chi connectivity index (χ2v) is 29.2. The first-order valence-electron chi connectivity index (χ1n) is 42.4. The smallest absolute Gasteiger partial charge is 0.305 e. The van der Waals surface area contributed by atoms with Crippen LogP contribution in [0.3, 0.4) is 0 Å². The van der Waals surface area contributed by atoms with Crippen molar-refractivity contribution in [2.75, 3.05) is 13.2 Å². The van der Waals surface area contributed by atoms with Crippen molar-refractivity contribution >= 4 is 11.9 Å². The Labute approximate surface area is 582 Å². The van der Waals surface area contributed by atoms with Gasteiger partial charge in [-0.3, -0.25) is 9.59 Å². The molecule has 0 rings (SSSR count). The molecule has 0 bridgehead atoms. The second kappa shape index (κ2) is 82.2. The van der Waals surface area contributed by atoms with Crippen LogP contribution < -0.4 is 5.32 Å². The monoisotopic (exact) mass is 1300 g/mol. The minimum atomic E-state index is -0.664. The fourth-order valence-electron chi connectivity index (χ4n) is 13.4. The summed E-state index contributed by atoms with van der Waals surface area (Å²) < 4.78 is 5.52. The molecule has 0 aliphatic rings. The topological polar surface area (TPSA) is 95.9 Å². The highest BCUT2D eigenvalue weighted by molar-refractivity contribution is 5.76. The van der Waals surface area contributed by atoms with Gasteiger partial charge in [0.05, 0.1) is 25.4 Å². The number of esters is 1. The zero-order valence-corrected chi connectivity index (χ0v) is 63.0. The lowest BCUT2D eigenvalue weighted by Gasteiger charge is -2.22. The molecule has 0 radical (unpaired) electrons. The van der Waals surface area contributed by atoms with Crippen LogP contribution in [0.1, 0.15) is 470 Å². The number of unbranched alkanes of at least 4 members (excludes halogenated alkanes) is 61. The SMILES string of the molecule is CCCCC/C=C\C/C=C\CCCCCCCCCCCC(=O)OCCCCCCCCCCCCCCC/C=C\C/C=C\CCCCCCCCCCCCCCCCCCCC(=O)NC(CO)C(O)CCCCCCCCCCCCCCCCCCCCCC. The number of aliphatic hydroxyl groups excluding tert-OH is 2. The van der Waals surface area contributed by atoms with Crippen LogP contribution in [-0.2, 0) is 14.3 Å². The molecule has 6 heteroatoms. The summed E-state index contributed by atoms with van der Waals surface area (Å²) in [7, 11) is 0. The fourth-order valence-corrected chi connectivity index (χ4v) is 13.4. The lowest BCUT2D eigenvalue weighted by Crippen LogP contribution is -2.45. The quantitative estimate of drug-likeness (QED) is 0.0320. The van der Waals surface area contributed by atoms with E-state index in [2.05, 4.69) is 67.8 Å². The Kier molecular flexibility index (Phi) is 80.3. The molecule has 0 aliphatic carbocycles. The van der Waals surface area contributed by atoms with Gasteiger partial charge in [0.15, 0.2) is 0 Å². The molecule has 0 spiro atoms. The summed E-state index contributed by atoms with van der Waals surface area (Å²) in [6.45, 7) is 4.98. The Bertz CT molecular complexity index is 1550. The van der Waals surface area contributed by atoms with E-state index >= 15 is 0 Å². The van der Waals surface area contributed by atoms with Crippen LogP contribution in [0.2, 0.25) is 0 Å². The summed E-state index contributed by atoms with van der Waals surface area (Å²) in [6.07, 6.45) is 109. The van der Waals surface area contributed by atoms with Gasteiger partial charge in [0.2, 0.25) is 5.91 Å². The van der Waals surface area contributed by atoms with E-state index in [9.17, 15) is 19.8 Å². The van der Waals surface area contributed by atoms with Crippen LogP contribution in [0.25, 0.3) is 0 Å². The number of aliphatic hydroxyl groups is 2. The number of allylic oxidation sites excluding steroid dienone is 8. The average Bonchev–Trinajstić information content (AvgIpc) is 3.78. The van der Waals surface area contributed by atoms with Gasteiger partial charge < -0.3 is 20.3 Å². The van der Waals surface area contributed by atoms with Gasteiger partial charge in [-0.2, -0.15) is 0 Å². The van der Waals surface area contributed by atoms with Crippen molar-refractivity contribution in [3.05, 3.63) is 48.6 Å². The molecular weight excluding hydrogens is 1140 g/mol. The Morgan fingerprint density at radius 2 is 0.538 bits per heavy atom. The zero-order valence-electron chi connectivity index (χ0n) is 63.0. The first kappa shape index (κ1) is 90.8. The zero-order chi connectivity index (χ0) is 67.0. The molecule has 0 aromatic rings. The number of carbonyl (C=O) groups excluding carboxylic acids is 2. The molecule has 1 amide bonds. The molecule has 2 unspecified atom stereocenters. The molecule has 3 N–H and O–H groups in total. The van der Waals surface area contributed by atoms with Gasteiger partial charge >= 0.3 is 5.97 Å². The summed E-state index contributed by atoms with van der Waals surface area (Å²) in [5, 5.41) is 23.5. The maximum absolute atomic E-state index is 12.6. The van der Waals surface area contributed by atoms with Gasteiger partial charge in [-0.25, -0.2) is 0 Å². The van der Waals surface area contributed by atoms with Crippen LogP contribution in [0, 0.1) is 0 Å². The van der Waals surface area contributed by atoms with Crippen molar-refractivity contribution in [2.45, 2.75) is 482 Å². The van der Waals surface area contributed by atoms with Gasteiger partial charge in [-0.05, 0) is 89.9 Å². The third-order valence-corrected chi connectivity index (χ3v) is 19.9. The van der Waals surface area contributed by atoms with E-state index < -0.39 is 12.1 Å². The largest absolute Gasteiger partial charge is 0.466 e. The van der Waals surface area contributed by atoms with Gasteiger partial charge in [0.25, 0.3) is 0 Å². The highest BCUT2D eigenvalue weighted by Crippen LogP contribution is 2.20. The molecule has 0 fully saturated rings. The van der Waals surface area contributed by atoms with Crippen LogP contribution in [0.5, 0.6) is 0 Å². The van der Waals surface area contributed by atoms with E-state index in [1.54, 1.807) is 0 Å². The van der Waals surface area contributed by atoms with E-state index in [0.29, 0.717) is 25.9 Å². The molecule has 0 saturated heterocycles. The van der Waals surface area contributed by atoms with Crippen molar-refractivity contribution < 1.29 is 24.5 Å². The van der Waals surface area contributed by atoms with Crippen molar-refractivity contribution in [1.82, 2.24) is 5.32 Å². The Balaban J connectivity index is 3.36. The number of carbonyl (C=O) groups is 2. The first-order valence-corrected chi connectivity index (χ1v) is 42.4. The highest BCUT2D eigenvalue weighted by atomic mass is 16.5. The lowest BCUT2D eigenvalue weighted by molar-refractivity contribution is -0.143. The van der Waals surface area contributed by atoms with Crippen molar-refractivity contribution in [3.8, 4) is 0 Å². The summed E-state index contributed by atoms with van der Waals surface area (Å²) in [5.74, 6) is -0.0118. The third kappa shape index (κ3) is 78.7. The number of rotatable bonds is 80. The third-order valence-electron chi connectivity index (χ3n) is 19.9. The number of ether oxygens (including phenoxy) is 1. The molecule has 0 aliphatic heterocycles. The molecule has 6 nitrogen and oxygen atoms in total. The summed E-state index contributed by atoms with van der Waals surface area (Å²) in [6, 6.07) is -0.541. The number of amides is 1. The lowest BCUT2D eigenvalue weighted by atomic mass is 10.0. The molecule has 0 aromatic carbocycles. The normalized spacial score (nSPS) is 12.7. The second-order valence-electron chi connectivity index (χ2n) is 29.2. The van der Waals surface area contributed by atoms with Crippen molar-refractivity contribution in [2.24, 2.45) is 0 Å². The summed E-state index contributed by atoms with van der Waals surface area (Å²) >= 11 is 0. The molecule has 2 atom stereocenters. The van der Waals surface area contributed by atoms with Crippen molar-refractivity contribution in [3.63, 3.8) is 0 Å². The predicted octanol–water partition coefficient (Wildman–Crippen LogP) is 28.3. The van der Waals surface area contributed by atoms with Gasteiger partial charge in [-0.1, -0.05) is 416 Å². The first-order chi connectivity index (χ1) is 46.0. The molecule has 0 aromatic heterocycles. The number of hydrogen-bond acceptors (Lipinski definition) is 5. The van der Waals surface area contributed by atoms with Gasteiger partial charge in [0, 0.05) is 12.8 Å². The minimum Gasteiger partial charge on any atom is -0.466 e. The van der Waals surface area contributed by atoms with Gasteiger partial charge in [0.1, 0.15) is 0 Å². The van der Waals surface area contributed by atoms with E-state index in [-0.39, 0.29) is 18.5 Å². The Morgan fingerprint density at radius 1 is 0.301 bits per heavy atom. The molecular formula is C87H165NO5. The standard InChI is InChI=1S/C87H165NO5/c1-3-5-7-9-11-13-15-17-19-21-23-44-47-51-55-59-63-67-71-75-79-85(90)84(83-89)88-86(91)80-76-72-68-64-60-56-52-48-45-41-39-37-35-33-31-29-27-25-24-26-28-30-32-34-36-38-40-42-46-50-54-58-62-66-70-74-78-82-93-87(92)81-77-73-69-65-61-57-53-49-43-22-20-18-16-14-12-10-8-6-4-2/h12,14,18,20,24,26,30,32,84-85,89-90H,3-11,13,15-17,19,21-23,25,27-29,31,33-83H2,1-2H3,(H,88,91)/b14-12-,20-18-,26-24-,32-30-. The van der Waals surface area contributed by atoms with Crippen LogP contribution in [0.4, 0.5) is 0 Å². The van der Waals surface area contributed by atoms with E-state index in [1.165, 1.54) is 379 Å². The molecule has 0 heterocycles. The summed E-state index contributed by atoms with van der Waals surface area (Å²) in [5.41, 5.74) is 0. The van der Waals surface area contributed by atoms with Gasteiger partial charge in [-0.15, -0.1) is 0 Å². The van der Waals surface area contributed by atoms with Crippen LogP contribution in [0.15, 0.2) is 48.6 Å². The average molecular weight is 1310 g/mol. The van der Waals surface area contributed by atoms with Crippen LogP contribution >= 0.6 is 0 Å². The highest BCUT2D eigenvalue weighted by Gasteiger charge is 2.20. The van der Waals surface area contributed by atoms with Crippen LogP contribution in [-0.4, -0.2) is 47.4 Å². The fraction of sp³-hybridized carbons (Fsp3) is 0.885.